The molecule has 4 aromatic rings. The number of carbonyl (C=O) groups excluding carboxylic acids is 2. The van der Waals surface area contributed by atoms with Gasteiger partial charge in [0.1, 0.15) is 5.41 Å². The van der Waals surface area contributed by atoms with Crippen LogP contribution in [0.25, 0.3) is 21.5 Å². The number of rotatable bonds is 8. The van der Waals surface area contributed by atoms with Gasteiger partial charge in [0.2, 0.25) is 11.8 Å². The van der Waals surface area contributed by atoms with E-state index in [0.717, 1.165) is 32.7 Å². The Morgan fingerprint density at radius 1 is 0.657 bits per heavy atom. The molecule has 0 aliphatic carbocycles. The molecule has 4 rings (SSSR count). The van der Waals surface area contributed by atoms with E-state index in [1.165, 1.54) is 13.8 Å². The summed E-state index contributed by atoms with van der Waals surface area (Å²) in [6, 6.07) is 25.5. The van der Waals surface area contributed by atoms with Gasteiger partial charge in [-0.05, 0) is 46.5 Å². The molecule has 2 unspecified atom stereocenters. The number of aliphatic hydroxyl groups is 2. The summed E-state index contributed by atoms with van der Waals surface area (Å²) in [5.74, 6) is -1.03. The van der Waals surface area contributed by atoms with Gasteiger partial charge in [-0.2, -0.15) is 0 Å². The zero-order valence-electron chi connectivity index (χ0n) is 19.9. The van der Waals surface area contributed by atoms with Crippen LogP contribution in [0.4, 0.5) is 0 Å². The number of amides is 2. The highest BCUT2D eigenvalue weighted by molar-refractivity contribution is 6.04. The van der Waals surface area contributed by atoms with Crippen LogP contribution in [0.1, 0.15) is 37.1 Å². The number of hydrogen-bond acceptors (Lipinski definition) is 4. The first-order chi connectivity index (χ1) is 16.9. The molecule has 2 amide bonds. The third-order valence-corrected chi connectivity index (χ3v) is 6.51. The largest absolute Gasteiger partial charge is 0.394 e. The summed E-state index contributed by atoms with van der Waals surface area (Å²) in [6.45, 7) is 2.44. The van der Waals surface area contributed by atoms with Gasteiger partial charge < -0.3 is 20.8 Å². The topological polar surface area (TPSA) is 98.7 Å². The Morgan fingerprint density at radius 2 is 1.03 bits per heavy atom. The molecule has 180 valence electrons. The van der Waals surface area contributed by atoms with E-state index >= 15 is 0 Å². The van der Waals surface area contributed by atoms with Crippen molar-refractivity contribution < 1.29 is 19.8 Å². The quantitative estimate of drug-likeness (QED) is 0.292. The number of hydrogen-bond donors (Lipinski definition) is 4. The van der Waals surface area contributed by atoms with E-state index in [2.05, 4.69) is 10.6 Å². The van der Waals surface area contributed by atoms with Gasteiger partial charge >= 0.3 is 0 Å². The van der Waals surface area contributed by atoms with Gasteiger partial charge in [-0.15, -0.1) is 0 Å². The van der Waals surface area contributed by atoms with Crippen molar-refractivity contribution >= 4 is 33.4 Å². The molecule has 4 aromatic carbocycles. The van der Waals surface area contributed by atoms with Crippen molar-refractivity contribution in [1.29, 1.82) is 0 Å². The molecule has 0 aromatic heterocycles. The fourth-order valence-corrected chi connectivity index (χ4v) is 4.33. The first kappa shape index (κ1) is 24.4. The maximum absolute atomic E-state index is 13.3. The van der Waals surface area contributed by atoms with E-state index in [-0.39, 0.29) is 13.2 Å². The molecule has 0 radical (unpaired) electrons. The molecule has 0 spiro atoms. The van der Waals surface area contributed by atoms with Crippen molar-refractivity contribution in [3.63, 3.8) is 0 Å². The van der Waals surface area contributed by atoms with Gasteiger partial charge in [0, 0.05) is 0 Å². The molecular weight excluding hydrogens is 440 g/mol. The van der Waals surface area contributed by atoms with Gasteiger partial charge in [-0.3, -0.25) is 9.59 Å². The van der Waals surface area contributed by atoms with Gasteiger partial charge in [-0.1, -0.05) is 84.9 Å². The van der Waals surface area contributed by atoms with E-state index in [1.54, 1.807) is 0 Å². The summed E-state index contributed by atoms with van der Waals surface area (Å²) in [7, 11) is 0. The van der Waals surface area contributed by atoms with Gasteiger partial charge in [-0.25, -0.2) is 0 Å². The van der Waals surface area contributed by atoms with Crippen LogP contribution >= 0.6 is 0 Å². The molecule has 0 saturated carbocycles. The van der Waals surface area contributed by atoms with Gasteiger partial charge in [0.25, 0.3) is 0 Å². The van der Waals surface area contributed by atoms with E-state index < -0.39 is 29.3 Å². The molecule has 35 heavy (non-hydrogen) atoms. The van der Waals surface area contributed by atoms with Crippen molar-refractivity contribution in [2.45, 2.75) is 25.9 Å². The fraction of sp³-hybridized carbons (Fsp3) is 0.241. The van der Waals surface area contributed by atoms with Crippen LogP contribution in [0.15, 0.2) is 84.9 Å². The zero-order chi connectivity index (χ0) is 25.0. The second-order valence-corrected chi connectivity index (χ2v) is 9.18. The summed E-state index contributed by atoms with van der Waals surface area (Å²) < 4.78 is 0. The molecule has 0 heterocycles. The van der Waals surface area contributed by atoms with E-state index in [4.69, 9.17) is 0 Å². The summed E-state index contributed by atoms with van der Waals surface area (Å²) in [4.78, 5) is 26.5. The second kappa shape index (κ2) is 10.3. The molecule has 0 bridgehead atoms. The lowest BCUT2D eigenvalue weighted by molar-refractivity contribution is -0.142. The number of carbonyl (C=O) groups is 2. The third-order valence-electron chi connectivity index (χ3n) is 6.51. The smallest absolute Gasteiger partial charge is 0.235 e. The molecular formula is C29H30N2O4. The molecule has 0 aliphatic heterocycles. The minimum Gasteiger partial charge on any atom is -0.394 e. The highest BCUT2D eigenvalue weighted by atomic mass is 16.3. The van der Waals surface area contributed by atoms with E-state index in [1.807, 2.05) is 84.9 Å². The Kier molecular flexibility index (Phi) is 7.15. The predicted molar refractivity (Wildman–Crippen MR) is 138 cm³/mol. The Labute approximate surface area is 204 Å². The minimum atomic E-state index is -1.45. The standard InChI is InChI=1S/C29H30N2O4/c1-29(2,27(34)30-25(17-32)23-15-7-11-19-9-3-5-13-21(19)23)28(35)31-26(18-33)24-16-8-12-20-10-4-6-14-22(20)24/h3-16,25-26,32-33H,17-18H2,1-2H3,(H,30,34)(H,31,35). The van der Waals surface area contributed by atoms with Crippen LogP contribution in [0.3, 0.4) is 0 Å². The van der Waals surface area contributed by atoms with Crippen LogP contribution in [-0.2, 0) is 9.59 Å². The van der Waals surface area contributed by atoms with Crippen molar-refractivity contribution in [3.05, 3.63) is 96.1 Å². The van der Waals surface area contributed by atoms with Gasteiger partial charge in [0.05, 0.1) is 25.3 Å². The minimum absolute atomic E-state index is 0.313. The van der Waals surface area contributed by atoms with Crippen molar-refractivity contribution in [3.8, 4) is 0 Å². The summed E-state index contributed by atoms with van der Waals surface area (Å²) in [5.41, 5.74) is 0.106. The maximum atomic E-state index is 13.3. The summed E-state index contributed by atoms with van der Waals surface area (Å²) in [6.07, 6.45) is 0. The number of aliphatic hydroxyl groups excluding tert-OH is 2. The maximum Gasteiger partial charge on any atom is 0.235 e. The van der Waals surface area contributed by atoms with Crippen molar-refractivity contribution in [2.24, 2.45) is 5.41 Å². The van der Waals surface area contributed by atoms with E-state index in [0.29, 0.717) is 0 Å². The summed E-state index contributed by atoms with van der Waals surface area (Å²) >= 11 is 0. The van der Waals surface area contributed by atoms with Gasteiger partial charge in [0.15, 0.2) is 0 Å². The lowest BCUT2D eigenvalue weighted by Gasteiger charge is -2.29. The first-order valence-corrected chi connectivity index (χ1v) is 11.7. The normalized spacial score (nSPS) is 13.4. The lowest BCUT2D eigenvalue weighted by Crippen LogP contribution is -2.50. The predicted octanol–water partition coefficient (Wildman–Crippen LogP) is 4.02. The van der Waals surface area contributed by atoms with Crippen LogP contribution < -0.4 is 10.6 Å². The third kappa shape index (κ3) is 4.90. The Morgan fingerprint density at radius 3 is 1.43 bits per heavy atom. The fourth-order valence-electron chi connectivity index (χ4n) is 4.33. The van der Waals surface area contributed by atoms with Crippen molar-refractivity contribution in [2.75, 3.05) is 13.2 Å². The Hall–Kier alpha value is -3.74. The SMILES string of the molecule is CC(C)(C(=O)NC(CO)c1cccc2ccccc12)C(=O)NC(CO)c1cccc2ccccc12. The summed E-state index contributed by atoms with van der Waals surface area (Å²) in [5, 5.41) is 29.7. The molecule has 4 N–H and O–H groups in total. The molecule has 0 aliphatic rings. The number of nitrogens with one attached hydrogen (secondary N) is 2. The Bertz CT molecular complexity index is 1250. The number of fused-ring (bicyclic) bond motifs is 2. The number of benzene rings is 4. The van der Waals surface area contributed by atoms with Crippen LogP contribution in [-0.4, -0.2) is 35.2 Å². The first-order valence-electron chi connectivity index (χ1n) is 11.7. The van der Waals surface area contributed by atoms with Crippen molar-refractivity contribution in [1.82, 2.24) is 10.6 Å². The second-order valence-electron chi connectivity index (χ2n) is 9.18. The zero-order valence-corrected chi connectivity index (χ0v) is 19.9. The average Bonchev–Trinajstić information content (AvgIpc) is 2.89. The highest BCUT2D eigenvalue weighted by Crippen LogP contribution is 2.28. The van der Waals surface area contributed by atoms with E-state index in [9.17, 15) is 19.8 Å². The average molecular weight is 471 g/mol. The lowest BCUT2D eigenvalue weighted by atomic mass is 9.89. The highest BCUT2D eigenvalue weighted by Gasteiger charge is 2.38. The van der Waals surface area contributed by atoms with Crippen LogP contribution in [0, 0.1) is 5.41 Å². The van der Waals surface area contributed by atoms with Crippen LogP contribution in [0.5, 0.6) is 0 Å². The molecule has 0 fully saturated rings. The Balaban J connectivity index is 1.54. The van der Waals surface area contributed by atoms with Crippen LogP contribution in [0.2, 0.25) is 0 Å². The molecule has 6 nitrogen and oxygen atoms in total. The molecule has 0 saturated heterocycles. The molecule has 2 atom stereocenters. The molecule has 6 heteroatoms. The monoisotopic (exact) mass is 470 g/mol.